The Balaban J connectivity index is 1.79. The minimum Gasteiger partial charge on any atom is -0.493 e. The summed E-state index contributed by atoms with van der Waals surface area (Å²) < 4.78 is 10.5. The van der Waals surface area contributed by atoms with Crippen molar-refractivity contribution in [1.82, 2.24) is 10.2 Å². The predicted octanol–water partition coefficient (Wildman–Crippen LogP) is 2.56. The molecule has 3 rings (SSSR count). The monoisotopic (exact) mass is 424 g/mol. The zero-order chi connectivity index (χ0) is 22.5. The second-order valence-electron chi connectivity index (χ2n) is 7.23. The lowest BCUT2D eigenvalue weighted by molar-refractivity contribution is -0.146. The number of nitrogens with zero attached hydrogens (tertiary/aromatic N) is 1. The molecule has 162 valence electrons. The molecule has 0 bridgehead atoms. The molecule has 1 aliphatic rings. The molecule has 1 aliphatic heterocycles. The van der Waals surface area contributed by atoms with Crippen LogP contribution in [-0.2, 0) is 16.1 Å². The third-order valence-corrected chi connectivity index (χ3v) is 4.57. The van der Waals surface area contributed by atoms with Gasteiger partial charge in [-0.3, -0.25) is 24.1 Å². The van der Waals surface area contributed by atoms with Crippen LogP contribution >= 0.6 is 0 Å². The van der Waals surface area contributed by atoms with E-state index in [1.54, 1.807) is 63.2 Å². The van der Waals surface area contributed by atoms with E-state index in [1.165, 1.54) is 0 Å². The Bertz CT molecular complexity index is 995. The Kier molecular flexibility index (Phi) is 6.69. The van der Waals surface area contributed by atoms with Gasteiger partial charge in [0.2, 0.25) is 0 Å². The first-order valence-corrected chi connectivity index (χ1v) is 10.0. The number of hydrogen-bond acceptors (Lipinski definition) is 6. The zero-order valence-electron chi connectivity index (χ0n) is 17.6. The molecule has 31 heavy (non-hydrogen) atoms. The van der Waals surface area contributed by atoms with E-state index in [1.807, 2.05) is 0 Å². The molecule has 8 nitrogen and oxygen atoms in total. The Morgan fingerprint density at radius 3 is 2.26 bits per heavy atom. The lowest BCUT2D eigenvalue weighted by Gasteiger charge is -2.16. The van der Waals surface area contributed by atoms with Crippen LogP contribution < -0.4 is 10.1 Å². The van der Waals surface area contributed by atoms with Crippen molar-refractivity contribution in [2.75, 3.05) is 13.2 Å². The fraction of sp³-hybridized carbons (Fsp3) is 0.304. The summed E-state index contributed by atoms with van der Waals surface area (Å²) in [6, 6.07) is 11.5. The fourth-order valence-electron chi connectivity index (χ4n) is 3.25. The van der Waals surface area contributed by atoms with Crippen molar-refractivity contribution in [3.8, 4) is 5.75 Å². The van der Waals surface area contributed by atoms with Gasteiger partial charge in [-0.15, -0.1) is 0 Å². The molecule has 2 aromatic carbocycles. The molecule has 0 saturated heterocycles. The Labute approximate surface area is 180 Å². The minimum absolute atomic E-state index is 0.00836. The summed E-state index contributed by atoms with van der Waals surface area (Å²) in [5.74, 6) is -1.49. The number of ether oxygens (including phenoxy) is 2. The van der Waals surface area contributed by atoms with Gasteiger partial charge in [0.05, 0.1) is 35.9 Å². The van der Waals surface area contributed by atoms with E-state index in [-0.39, 0.29) is 36.6 Å². The number of fused-ring (bicyclic) bond motifs is 1. The van der Waals surface area contributed by atoms with E-state index < -0.39 is 11.9 Å². The third kappa shape index (κ3) is 4.91. The van der Waals surface area contributed by atoms with Gasteiger partial charge in [0, 0.05) is 0 Å². The number of rotatable bonds is 8. The molecule has 0 saturated carbocycles. The third-order valence-electron chi connectivity index (χ3n) is 4.57. The van der Waals surface area contributed by atoms with E-state index >= 15 is 0 Å². The molecule has 1 heterocycles. The Morgan fingerprint density at radius 2 is 1.68 bits per heavy atom. The number of carbonyl (C=O) groups is 4. The standard InChI is InChI=1S/C23H24N2O6/c1-4-30-19-10-9-15(11-18(19)21(27)24-12-20(26)31-14(2)3)13-25-22(28)16-7-5-6-8-17(16)23(25)29/h5-11,14H,4,12-13H2,1-3H3,(H,24,27). The quantitative estimate of drug-likeness (QED) is 0.516. The summed E-state index contributed by atoms with van der Waals surface area (Å²) in [6.07, 6.45) is -0.286. The predicted molar refractivity (Wildman–Crippen MR) is 112 cm³/mol. The molecule has 0 unspecified atom stereocenters. The van der Waals surface area contributed by atoms with Crippen LogP contribution in [0.1, 0.15) is 57.4 Å². The van der Waals surface area contributed by atoms with E-state index in [0.717, 1.165) is 4.90 Å². The van der Waals surface area contributed by atoms with Crippen LogP contribution in [-0.4, -0.2) is 47.8 Å². The highest BCUT2D eigenvalue weighted by Crippen LogP contribution is 2.26. The van der Waals surface area contributed by atoms with Gasteiger partial charge in [-0.1, -0.05) is 18.2 Å². The lowest BCUT2D eigenvalue weighted by Crippen LogP contribution is -2.32. The van der Waals surface area contributed by atoms with E-state index in [2.05, 4.69) is 5.32 Å². The summed E-state index contributed by atoms with van der Waals surface area (Å²) in [7, 11) is 0. The van der Waals surface area contributed by atoms with Crippen LogP contribution in [0.2, 0.25) is 0 Å². The van der Waals surface area contributed by atoms with Crippen LogP contribution in [0.3, 0.4) is 0 Å². The first-order valence-electron chi connectivity index (χ1n) is 10.0. The average Bonchev–Trinajstić information content (AvgIpc) is 2.98. The van der Waals surface area contributed by atoms with E-state index in [9.17, 15) is 19.2 Å². The van der Waals surface area contributed by atoms with Crippen molar-refractivity contribution in [3.63, 3.8) is 0 Å². The van der Waals surface area contributed by atoms with Gasteiger partial charge in [0.15, 0.2) is 0 Å². The van der Waals surface area contributed by atoms with Crippen LogP contribution in [0, 0.1) is 0 Å². The summed E-state index contributed by atoms with van der Waals surface area (Å²) in [5, 5.41) is 2.51. The fourth-order valence-corrected chi connectivity index (χ4v) is 3.25. The molecule has 0 atom stereocenters. The summed E-state index contributed by atoms with van der Waals surface area (Å²) in [6.45, 7) is 5.28. The van der Waals surface area contributed by atoms with Gasteiger partial charge in [0.1, 0.15) is 12.3 Å². The molecule has 3 amide bonds. The number of imide groups is 1. The van der Waals surface area contributed by atoms with Crippen molar-refractivity contribution in [1.29, 1.82) is 0 Å². The molecule has 8 heteroatoms. The summed E-state index contributed by atoms with van der Waals surface area (Å²) in [4.78, 5) is 50.8. The lowest BCUT2D eigenvalue weighted by atomic mass is 10.1. The number of hydrogen-bond donors (Lipinski definition) is 1. The van der Waals surface area contributed by atoms with Crippen LogP contribution in [0.25, 0.3) is 0 Å². The Morgan fingerprint density at radius 1 is 1.03 bits per heavy atom. The molecule has 0 aliphatic carbocycles. The van der Waals surface area contributed by atoms with Crippen molar-refractivity contribution in [2.24, 2.45) is 0 Å². The maximum atomic E-state index is 12.7. The SMILES string of the molecule is CCOc1ccc(CN2C(=O)c3ccccc3C2=O)cc1C(=O)NCC(=O)OC(C)C. The van der Waals surface area contributed by atoms with Crippen molar-refractivity contribution in [3.05, 3.63) is 64.7 Å². The van der Waals surface area contributed by atoms with Crippen LogP contribution in [0.4, 0.5) is 0 Å². The highest BCUT2D eigenvalue weighted by Gasteiger charge is 2.35. The molecule has 0 fully saturated rings. The summed E-state index contributed by atoms with van der Waals surface area (Å²) >= 11 is 0. The highest BCUT2D eigenvalue weighted by molar-refractivity contribution is 6.21. The maximum Gasteiger partial charge on any atom is 0.325 e. The van der Waals surface area contributed by atoms with Crippen LogP contribution in [0.15, 0.2) is 42.5 Å². The molecular weight excluding hydrogens is 400 g/mol. The molecule has 0 spiro atoms. The molecule has 0 radical (unpaired) electrons. The van der Waals surface area contributed by atoms with Crippen molar-refractivity contribution >= 4 is 23.7 Å². The molecule has 0 aromatic heterocycles. The number of esters is 1. The molecule has 1 N–H and O–H groups in total. The number of amides is 3. The van der Waals surface area contributed by atoms with E-state index in [0.29, 0.717) is 29.0 Å². The van der Waals surface area contributed by atoms with Crippen molar-refractivity contribution in [2.45, 2.75) is 33.4 Å². The zero-order valence-corrected chi connectivity index (χ0v) is 17.6. The second-order valence-corrected chi connectivity index (χ2v) is 7.23. The minimum atomic E-state index is -0.552. The van der Waals surface area contributed by atoms with Gasteiger partial charge < -0.3 is 14.8 Å². The molecular formula is C23H24N2O6. The van der Waals surface area contributed by atoms with Gasteiger partial charge in [0.25, 0.3) is 17.7 Å². The molecule has 2 aromatic rings. The highest BCUT2D eigenvalue weighted by atomic mass is 16.5. The first-order chi connectivity index (χ1) is 14.8. The average molecular weight is 424 g/mol. The normalized spacial score (nSPS) is 12.7. The van der Waals surface area contributed by atoms with Crippen molar-refractivity contribution < 1.29 is 28.7 Å². The number of benzene rings is 2. The van der Waals surface area contributed by atoms with Gasteiger partial charge in [-0.2, -0.15) is 0 Å². The van der Waals surface area contributed by atoms with Crippen LogP contribution in [0.5, 0.6) is 5.75 Å². The van der Waals surface area contributed by atoms with Gasteiger partial charge in [-0.05, 0) is 50.6 Å². The largest absolute Gasteiger partial charge is 0.493 e. The Hall–Kier alpha value is -3.68. The van der Waals surface area contributed by atoms with Gasteiger partial charge >= 0.3 is 5.97 Å². The van der Waals surface area contributed by atoms with E-state index in [4.69, 9.17) is 9.47 Å². The van der Waals surface area contributed by atoms with Gasteiger partial charge in [-0.25, -0.2) is 0 Å². The first kappa shape index (κ1) is 22.0. The number of carbonyl (C=O) groups excluding carboxylic acids is 4. The topological polar surface area (TPSA) is 102 Å². The summed E-state index contributed by atoms with van der Waals surface area (Å²) in [5.41, 5.74) is 1.50. The maximum absolute atomic E-state index is 12.7. The smallest absolute Gasteiger partial charge is 0.325 e. The number of nitrogens with one attached hydrogen (secondary N) is 1. The second kappa shape index (κ2) is 9.42.